The molecule has 106 valence electrons. The van der Waals surface area contributed by atoms with Crippen LogP contribution in [-0.4, -0.2) is 43.8 Å². The van der Waals surface area contributed by atoms with Gasteiger partial charge < -0.3 is 10.1 Å². The molecule has 1 N–H and O–H groups in total. The van der Waals surface area contributed by atoms with E-state index in [-0.39, 0.29) is 5.82 Å². The lowest BCUT2D eigenvalue weighted by atomic mass is 10.2. The maximum absolute atomic E-state index is 13.4. The number of hydrogen-bond donors (Lipinski definition) is 1. The summed E-state index contributed by atoms with van der Waals surface area (Å²) in [7, 11) is 0. The molecule has 1 aromatic carbocycles. The van der Waals surface area contributed by atoms with Gasteiger partial charge in [-0.3, -0.25) is 4.90 Å². The Morgan fingerprint density at radius 3 is 2.89 bits per heavy atom. The lowest BCUT2D eigenvalue weighted by Gasteiger charge is -2.29. The lowest BCUT2D eigenvalue weighted by Crippen LogP contribution is -2.44. The topological polar surface area (TPSA) is 24.5 Å². The molecule has 1 aromatic rings. The number of nitrogens with one attached hydrogen (secondary N) is 1. The summed E-state index contributed by atoms with van der Waals surface area (Å²) in [5.74, 6) is -0.208. The Labute approximate surface area is 122 Å². The lowest BCUT2D eigenvalue weighted by molar-refractivity contribution is 0.0343. The second kappa shape index (κ2) is 7.33. The predicted octanol–water partition coefficient (Wildman–Crippen LogP) is 2.40. The SMILES string of the molecule is CC(CN1CCOCC1)NCc1cccc(F)c1Br. The van der Waals surface area contributed by atoms with E-state index in [4.69, 9.17) is 4.74 Å². The Morgan fingerprint density at radius 1 is 1.42 bits per heavy atom. The Kier molecular flexibility index (Phi) is 5.76. The minimum Gasteiger partial charge on any atom is -0.379 e. The van der Waals surface area contributed by atoms with E-state index in [1.807, 2.05) is 6.07 Å². The zero-order chi connectivity index (χ0) is 13.7. The molecule has 2 rings (SSSR count). The van der Waals surface area contributed by atoms with Crippen molar-refractivity contribution < 1.29 is 9.13 Å². The fourth-order valence-corrected chi connectivity index (χ4v) is 2.61. The molecular formula is C14H20BrFN2O. The van der Waals surface area contributed by atoms with Crippen LogP contribution in [0.2, 0.25) is 0 Å². The molecule has 1 aliphatic rings. The summed E-state index contributed by atoms with van der Waals surface area (Å²) in [5.41, 5.74) is 0.953. The van der Waals surface area contributed by atoms with E-state index in [1.165, 1.54) is 6.07 Å². The summed E-state index contributed by atoms with van der Waals surface area (Å²) >= 11 is 3.29. The van der Waals surface area contributed by atoms with Gasteiger partial charge in [-0.1, -0.05) is 12.1 Å². The molecule has 0 spiro atoms. The summed E-state index contributed by atoms with van der Waals surface area (Å²) in [5, 5.41) is 3.44. The van der Waals surface area contributed by atoms with Crippen molar-refractivity contribution in [3.8, 4) is 0 Å². The third-order valence-corrected chi connectivity index (χ3v) is 4.20. The molecule has 0 saturated carbocycles. The van der Waals surface area contributed by atoms with Gasteiger partial charge in [0, 0.05) is 32.2 Å². The van der Waals surface area contributed by atoms with Crippen LogP contribution in [0.5, 0.6) is 0 Å². The minimum absolute atomic E-state index is 0.208. The first kappa shape index (κ1) is 14.9. The van der Waals surface area contributed by atoms with Crippen molar-refractivity contribution in [2.75, 3.05) is 32.8 Å². The third kappa shape index (κ3) is 4.53. The number of rotatable bonds is 5. The largest absolute Gasteiger partial charge is 0.379 e. The van der Waals surface area contributed by atoms with Crippen LogP contribution in [0.15, 0.2) is 22.7 Å². The highest BCUT2D eigenvalue weighted by Crippen LogP contribution is 2.20. The zero-order valence-electron chi connectivity index (χ0n) is 11.2. The van der Waals surface area contributed by atoms with E-state index in [0.29, 0.717) is 17.1 Å². The molecule has 3 nitrogen and oxygen atoms in total. The van der Waals surface area contributed by atoms with E-state index >= 15 is 0 Å². The van der Waals surface area contributed by atoms with E-state index in [2.05, 4.69) is 33.1 Å². The van der Waals surface area contributed by atoms with E-state index in [9.17, 15) is 4.39 Å². The molecule has 0 radical (unpaired) electrons. The van der Waals surface area contributed by atoms with Crippen LogP contribution in [0.3, 0.4) is 0 Å². The predicted molar refractivity (Wildman–Crippen MR) is 77.7 cm³/mol. The Bertz CT molecular complexity index is 410. The number of nitrogens with zero attached hydrogens (tertiary/aromatic N) is 1. The molecule has 1 aliphatic heterocycles. The van der Waals surface area contributed by atoms with Gasteiger partial charge in [0.1, 0.15) is 5.82 Å². The normalized spacial score (nSPS) is 18.5. The molecule has 1 atom stereocenters. The highest BCUT2D eigenvalue weighted by molar-refractivity contribution is 9.10. The van der Waals surface area contributed by atoms with Crippen molar-refractivity contribution in [1.29, 1.82) is 0 Å². The highest BCUT2D eigenvalue weighted by Gasteiger charge is 2.13. The van der Waals surface area contributed by atoms with Crippen molar-refractivity contribution >= 4 is 15.9 Å². The third-order valence-electron chi connectivity index (χ3n) is 3.31. The Morgan fingerprint density at radius 2 is 2.16 bits per heavy atom. The molecule has 19 heavy (non-hydrogen) atoms. The molecular weight excluding hydrogens is 311 g/mol. The van der Waals surface area contributed by atoms with Gasteiger partial charge in [-0.25, -0.2) is 4.39 Å². The molecule has 0 aliphatic carbocycles. The molecule has 0 aromatic heterocycles. The summed E-state index contributed by atoms with van der Waals surface area (Å²) in [6.45, 7) is 7.46. The summed E-state index contributed by atoms with van der Waals surface area (Å²) in [4.78, 5) is 2.39. The number of ether oxygens (including phenoxy) is 1. The summed E-state index contributed by atoms with van der Waals surface area (Å²) in [6, 6.07) is 5.50. The zero-order valence-corrected chi connectivity index (χ0v) is 12.7. The second-order valence-electron chi connectivity index (χ2n) is 4.91. The molecule has 0 amide bonds. The monoisotopic (exact) mass is 330 g/mol. The average Bonchev–Trinajstić information content (AvgIpc) is 2.42. The van der Waals surface area contributed by atoms with Gasteiger partial charge in [0.15, 0.2) is 0 Å². The maximum Gasteiger partial charge on any atom is 0.137 e. The molecule has 5 heteroatoms. The smallest absolute Gasteiger partial charge is 0.137 e. The van der Waals surface area contributed by atoms with E-state index < -0.39 is 0 Å². The van der Waals surface area contributed by atoms with Crippen molar-refractivity contribution in [3.63, 3.8) is 0 Å². The van der Waals surface area contributed by atoms with Crippen LogP contribution in [-0.2, 0) is 11.3 Å². The first-order chi connectivity index (χ1) is 9.16. The van der Waals surface area contributed by atoms with Gasteiger partial charge in [0.2, 0.25) is 0 Å². The highest BCUT2D eigenvalue weighted by atomic mass is 79.9. The fraction of sp³-hybridized carbons (Fsp3) is 0.571. The number of benzene rings is 1. The average molecular weight is 331 g/mol. The van der Waals surface area contributed by atoms with Crippen LogP contribution in [0.1, 0.15) is 12.5 Å². The second-order valence-corrected chi connectivity index (χ2v) is 5.70. The van der Waals surface area contributed by atoms with Crippen molar-refractivity contribution in [2.24, 2.45) is 0 Å². The van der Waals surface area contributed by atoms with Crippen LogP contribution in [0, 0.1) is 5.82 Å². The summed E-state index contributed by atoms with van der Waals surface area (Å²) < 4.78 is 19.3. The quantitative estimate of drug-likeness (QED) is 0.897. The van der Waals surface area contributed by atoms with Crippen LogP contribution in [0.25, 0.3) is 0 Å². The van der Waals surface area contributed by atoms with Crippen LogP contribution in [0.4, 0.5) is 4.39 Å². The molecule has 0 bridgehead atoms. The van der Waals surface area contributed by atoms with Crippen LogP contribution < -0.4 is 5.32 Å². The molecule has 1 fully saturated rings. The van der Waals surface area contributed by atoms with Gasteiger partial charge >= 0.3 is 0 Å². The molecule has 1 unspecified atom stereocenters. The number of hydrogen-bond acceptors (Lipinski definition) is 3. The minimum atomic E-state index is -0.208. The van der Waals surface area contributed by atoms with E-state index in [1.54, 1.807) is 6.07 Å². The van der Waals surface area contributed by atoms with Gasteiger partial charge in [0.05, 0.1) is 17.7 Å². The maximum atomic E-state index is 13.4. The van der Waals surface area contributed by atoms with Gasteiger partial charge in [-0.2, -0.15) is 0 Å². The molecule has 1 saturated heterocycles. The van der Waals surface area contributed by atoms with Gasteiger partial charge in [-0.05, 0) is 34.5 Å². The summed E-state index contributed by atoms with van der Waals surface area (Å²) in [6.07, 6.45) is 0. The van der Waals surface area contributed by atoms with Crippen molar-refractivity contribution in [2.45, 2.75) is 19.5 Å². The number of halogens is 2. The molecule has 1 heterocycles. The van der Waals surface area contributed by atoms with Crippen molar-refractivity contribution in [3.05, 3.63) is 34.1 Å². The fourth-order valence-electron chi connectivity index (χ4n) is 2.20. The van der Waals surface area contributed by atoms with Gasteiger partial charge in [-0.15, -0.1) is 0 Å². The Hall–Kier alpha value is -0.490. The van der Waals surface area contributed by atoms with Crippen LogP contribution >= 0.6 is 15.9 Å². The van der Waals surface area contributed by atoms with Gasteiger partial charge in [0.25, 0.3) is 0 Å². The standard InChI is InChI=1S/C14H20BrFN2O/c1-11(10-18-5-7-19-8-6-18)17-9-12-3-2-4-13(16)14(12)15/h2-4,11,17H,5-10H2,1H3. The number of morpholine rings is 1. The van der Waals surface area contributed by atoms with Crippen molar-refractivity contribution in [1.82, 2.24) is 10.2 Å². The van der Waals surface area contributed by atoms with E-state index in [0.717, 1.165) is 38.4 Å². The first-order valence-electron chi connectivity index (χ1n) is 6.63. The first-order valence-corrected chi connectivity index (χ1v) is 7.42. The Balaban J connectivity index is 1.79.